The number of carboxylic acid groups (broad SMARTS) is 1. The van der Waals surface area contributed by atoms with E-state index in [1.807, 2.05) is 6.07 Å². The van der Waals surface area contributed by atoms with E-state index in [0.29, 0.717) is 5.56 Å². The third-order valence-electron chi connectivity index (χ3n) is 2.33. The molecular formula is C17H24O8. The van der Waals surface area contributed by atoms with E-state index in [1.165, 1.54) is 34.8 Å². The van der Waals surface area contributed by atoms with E-state index in [0.717, 1.165) is 5.56 Å². The Morgan fingerprint density at radius 3 is 1.56 bits per heavy atom. The Morgan fingerprint density at radius 1 is 0.920 bits per heavy atom. The highest BCUT2D eigenvalue weighted by molar-refractivity contribution is 5.89. The SMILES string of the molecule is CC(=O)OC(C)OC(C)=O.COC(C)=O.Cc1ccccc1C(=O)O. The number of hydrogen-bond donors (Lipinski definition) is 1. The quantitative estimate of drug-likeness (QED) is 0.648. The summed E-state index contributed by atoms with van der Waals surface area (Å²) in [5.41, 5.74) is 1.18. The molecule has 0 spiro atoms. The first kappa shape index (κ1) is 24.4. The summed E-state index contributed by atoms with van der Waals surface area (Å²) in [5.74, 6) is -2.04. The van der Waals surface area contributed by atoms with Gasteiger partial charge in [-0.15, -0.1) is 0 Å². The molecule has 0 aliphatic carbocycles. The zero-order chi connectivity index (χ0) is 20.0. The van der Waals surface area contributed by atoms with Crippen LogP contribution in [0.5, 0.6) is 0 Å². The first-order valence-corrected chi connectivity index (χ1v) is 7.19. The number of benzene rings is 1. The van der Waals surface area contributed by atoms with Crippen LogP contribution in [-0.4, -0.2) is 42.4 Å². The topological polar surface area (TPSA) is 116 Å². The Bertz CT molecular complexity index is 564. The van der Waals surface area contributed by atoms with E-state index in [2.05, 4.69) is 14.2 Å². The van der Waals surface area contributed by atoms with Crippen molar-refractivity contribution in [3.05, 3.63) is 35.4 Å². The molecule has 0 bridgehead atoms. The lowest BCUT2D eigenvalue weighted by Gasteiger charge is -2.10. The molecule has 8 heteroatoms. The molecule has 25 heavy (non-hydrogen) atoms. The predicted molar refractivity (Wildman–Crippen MR) is 88.8 cm³/mol. The maximum atomic E-state index is 10.4. The van der Waals surface area contributed by atoms with Crippen molar-refractivity contribution in [2.75, 3.05) is 7.11 Å². The molecule has 0 atom stereocenters. The molecule has 1 aromatic rings. The average molecular weight is 356 g/mol. The van der Waals surface area contributed by atoms with E-state index >= 15 is 0 Å². The van der Waals surface area contributed by atoms with Gasteiger partial charge in [-0.2, -0.15) is 0 Å². The predicted octanol–water partition coefficient (Wildman–Crippen LogP) is 2.33. The maximum absolute atomic E-state index is 10.4. The largest absolute Gasteiger partial charge is 0.478 e. The number of hydrogen-bond acceptors (Lipinski definition) is 7. The van der Waals surface area contributed by atoms with Gasteiger partial charge in [-0.05, 0) is 18.6 Å². The molecule has 1 rings (SSSR count). The van der Waals surface area contributed by atoms with Gasteiger partial charge in [0, 0.05) is 27.7 Å². The fourth-order valence-electron chi connectivity index (χ4n) is 1.30. The zero-order valence-corrected chi connectivity index (χ0v) is 15.2. The van der Waals surface area contributed by atoms with Gasteiger partial charge in [0.05, 0.1) is 12.7 Å². The van der Waals surface area contributed by atoms with Crippen LogP contribution in [0.4, 0.5) is 0 Å². The number of rotatable bonds is 3. The molecule has 0 heterocycles. The molecule has 0 aromatic heterocycles. The second kappa shape index (κ2) is 13.5. The minimum atomic E-state index is -0.863. The third kappa shape index (κ3) is 15.8. The molecule has 8 nitrogen and oxygen atoms in total. The van der Waals surface area contributed by atoms with Gasteiger partial charge in [-0.25, -0.2) is 4.79 Å². The highest BCUT2D eigenvalue weighted by atomic mass is 16.7. The van der Waals surface area contributed by atoms with Crippen LogP contribution < -0.4 is 0 Å². The lowest BCUT2D eigenvalue weighted by atomic mass is 10.1. The van der Waals surface area contributed by atoms with Crippen LogP contribution in [-0.2, 0) is 28.6 Å². The van der Waals surface area contributed by atoms with E-state index < -0.39 is 24.2 Å². The summed E-state index contributed by atoms with van der Waals surface area (Å²) in [7, 11) is 1.35. The third-order valence-corrected chi connectivity index (χ3v) is 2.33. The van der Waals surface area contributed by atoms with E-state index in [-0.39, 0.29) is 5.97 Å². The summed E-state index contributed by atoms with van der Waals surface area (Å²) >= 11 is 0. The summed E-state index contributed by atoms with van der Waals surface area (Å²) in [6.07, 6.45) is -0.782. The molecule has 140 valence electrons. The van der Waals surface area contributed by atoms with Gasteiger partial charge in [-0.3, -0.25) is 14.4 Å². The van der Waals surface area contributed by atoms with Crippen LogP contribution >= 0.6 is 0 Å². The molecular weight excluding hydrogens is 332 g/mol. The van der Waals surface area contributed by atoms with Crippen LogP contribution in [0.2, 0.25) is 0 Å². The molecule has 0 saturated heterocycles. The van der Waals surface area contributed by atoms with Crippen LogP contribution in [0.3, 0.4) is 0 Å². The Balaban J connectivity index is 0. The van der Waals surface area contributed by atoms with Gasteiger partial charge in [0.2, 0.25) is 6.29 Å². The van der Waals surface area contributed by atoms with Crippen molar-refractivity contribution in [3.8, 4) is 0 Å². The molecule has 0 amide bonds. The average Bonchev–Trinajstić information content (AvgIpc) is 2.46. The molecule has 1 N–H and O–H groups in total. The minimum Gasteiger partial charge on any atom is -0.478 e. The van der Waals surface area contributed by atoms with Gasteiger partial charge in [0.25, 0.3) is 0 Å². The summed E-state index contributed by atoms with van der Waals surface area (Å²) < 4.78 is 13.1. The van der Waals surface area contributed by atoms with Crippen molar-refractivity contribution in [2.24, 2.45) is 0 Å². The second-order valence-electron chi connectivity index (χ2n) is 4.60. The zero-order valence-electron chi connectivity index (χ0n) is 15.2. The second-order valence-corrected chi connectivity index (χ2v) is 4.60. The Morgan fingerprint density at radius 2 is 1.32 bits per heavy atom. The van der Waals surface area contributed by atoms with Crippen LogP contribution in [0.25, 0.3) is 0 Å². The fraction of sp³-hybridized carbons (Fsp3) is 0.412. The van der Waals surface area contributed by atoms with Crippen molar-refractivity contribution in [1.29, 1.82) is 0 Å². The van der Waals surface area contributed by atoms with Gasteiger partial charge in [-0.1, -0.05) is 18.2 Å². The van der Waals surface area contributed by atoms with Crippen LogP contribution in [0.1, 0.15) is 43.6 Å². The molecule has 0 unspecified atom stereocenters. The van der Waals surface area contributed by atoms with Crippen LogP contribution in [0.15, 0.2) is 24.3 Å². The van der Waals surface area contributed by atoms with E-state index in [4.69, 9.17) is 5.11 Å². The number of ether oxygens (including phenoxy) is 3. The number of aromatic carboxylic acids is 1. The first-order valence-electron chi connectivity index (χ1n) is 7.19. The standard InChI is InChI=1S/C8H8O2.C6H10O4.C3H6O2/c1-6-4-2-3-5-7(6)8(9)10;1-4(7)9-6(3)10-5(2)8;1-3(4)5-2/h2-5H,1H3,(H,9,10);6H,1-3H3;1-2H3. The van der Waals surface area contributed by atoms with E-state index in [9.17, 15) is 19.2 Å². The summed E-state index contributed by atoms with van der Waals surface area (Å²) in [6, 6.07) is 6.92. The maximum Gasteiger partial charge on any atom is 0.335 e. The molecule has 0 fully saturated rings. The Hall–Kier alpha value is -2.90. The number of aryl methyl sites for hydroxylation is 1. The summed E-state index contributed by atoms with van der Waals surface area (Å²) in [6.45, 7) is 7.12. The lowest BCUT2D eigenvalue weighted by Crippen LogP contribution is -2.18. The van der Waals surface area contributed by atoms with Gasteiger partial charge in [0.1, 0.15) is 0 Å². The Labute approximate surface area is 146 Å². The van der Waals surface area contributed by atoms with Crippen molar-refractivity contribution in [3.63, 3.8) is 0 Å². The van der Waals surface area contributed by atoms with Crippen molar-refractivity contribution >= 4 is 23.9 Å². The molecule has 0 radical (unpaired) electrons. The van der Waals surface area contributed by atoms with Crippen molar-refractivity contribution < 1.29 is 38.5 Å². The van der Waals surface area contributed by atoms with Crippen LogP contribution in [0, 0.1) is 6.92 Å². The smallest absolute Gasteiger partial charge is 0.335 e. The van der Waals surface area contributed by atoms with E-state index in [1.54, 1.807) is 25.1 Å². The monoisotopic (exact) mass is 356 g/mol. The molecule has 0 aliphatic heterocycles. The van der Waals surface area contributed by atoms with Gasteiger partial charge >= 0.3 is 23.9 Å². The number of carboxylic acids is 1. The fourth-order valence-corrected chi connectivity index (χ4v) is 1.30. The Kier molecular flexibility index (Phi) is 13.2. The number of carbonyl (C=O) groups excluding carboxylic acids is 3. The normalized spacial score (nSPS) is 8.76. The highest BCUT2D eigenvalue weighted by Gasteiger charge is 2.06. The minimum absolute atomic E-state index is 0.245. The highest BCUT2D eigenvalue weighted by Crippen LogP contribution is 2.05. The number of esters is 3. The van der Waals surface area contributed by atoms with Gasteiger partial charge in [0.15, 0.2) is 0 Å². The van der Waals surface area contributed by atoms with Crippen molar-refractivity contribution in [2.45, 2.75) is 40.9 Å². The summed E-state index contributed by atoms with van der Waals surface area (Å²) in [4.78, 5) is 40.5. The molecule has 0 aliphatic rings. The van der Waals surface area contributed by atoms with Crippen molar-refractivity contribution in [1.82, 2.24) is 0 Å². The first-order chi connectivity index (χ1) is 11.5. The lowest BCUT2D eigenvalue weighted by molar-refractivity contribution is -0.181. The molecule has 0 saturated carbocycles. The summed E-state index contributed by atoms with van der Waals surface area (Å²) in [5, 5.41) is 8.57. The molecule has 1 aromatic carbocycles. The number of methoxy groups -OCH3 is 1. The number of carbonyl (C=O) groups is 4. The van der Waals surface area contributed by atoms with Gasteiger partial charge < -0.3 is 19.3 Å².